The molecule has 7 atom stereocenters. The zero-order valence-corrected chi connectivity index (χ0v) is 15.7. The van der Waals surface area contributed by atoms with E-state index in [2.05, 4.69) is 0 Å². The summed E-state index contributed by atoms with van der Waals surface area (Å²) in [4.78, 5) is 11.4. The summed E-state index contributed by atoms with van der Waals surface area (Å²) in [5.41, 5.74) is 0.104. The van der Waals surface area contributed by atoms with Crippen LogP contribution in [0.1, 0.15) is 40.5 Å². The van der Waals surface area contributed by atoms with Crippen LogP contribution in [0.3, 0.4) is 0 Å². The summed E-state index contributed by atoms with van der Waals surface area (Å²) >= 11 is 0. The third kappa shape index (κ3) is 4.44. The Bertz CT molecular complexity index is 533. The molecule has 1 saturated heterocycles. The van der Waals surface area contributed by atoms with Crippen molar-refractivity contribution in [2.75, 3.05) is 6.61 Å². The van der Waals surface area contributed by atoms with Gasteiger partial charge in [-0.3, -0.25) is 4.79 Å². The topological polar surface area (TPSA) is 126 Å². The second-order valence-corrected chi connectivity index (χ2v) is 7.57. The van der Waals surface area contributed by atoms with Crippen LogP contribution in [0.5, 0.6) is 0 Å². The lowest BCUT2D eigenvalue weighted by molar-refractivity contribution is -0.335. The van der Waals surface area contributed by atoms with Crippen LogP contribution in [0, 0.1) is 5.92 Å². The van der Waals surface area contributed by atoms with Crippen LogP contribution in [0.25, 0.3) is 0 Å². The predicted molar refractivity (Wildman–Crippen MR) is 91.0 cm³/mol. The number of carbonyl (C=O) groups excluding carboxylic acids is 1. The van der Waals surface area contributed by atoms with Crippen molar-refractivity contribution >= 4 is 5.97 Å². The second kappa shape index (κ2) is 8.33. The van der Waals surface area contributed by atoms with Gasteiger partial charge in [-0.25, -0.2) is 0 Å². The maximum absolute atomic E-state index is 11.4. The minimum Gasteiger partial charge on any atom is -0.454 e. The summed E-state index contributed by atoms with van der Waals surface area (Å²) in [7, 11) is 0. The van der Waals surface area contributed by atoms with Crippen molar-refractivity contribution in [2.45, 2.75) is 82.9 Å². The number of ether oxygens (including phenoxy) is 3. The van der Waals surface area contributed by atoms with Gasteiger partial charge in [-0.1, -0.05) is 25.5 Å². The third-order valence-electron chi connectivity index (χ3n) is 5.16. The third-order valence-corrected chi connectivity index (χ3v) is 5.16. The average molecular weight is 374 g/mol. The van der Waals surface area contributed by atoms with Gasteiger partial charge in [0.15, 0.2) is 12.4 Å². The molecule has 1 heterocycles. The van der Waals surface area contributed by atoms with E-state index in [4.69, 9.17) is 14.2 Å². The molecule has 0 aromatic carbocycles. The Balaban J connectivity index is 2.21. The highest BCUT2D eigenvalue weighted by molar-refractivity contribution is 5.66. The van der Waals surface area contributed by atoms with E-state index in [0.717, 1.165) is 5.57 Å². The second-order valence-electron chi connectivity index (χ2n) is 7.57. The van der Waals surface area contributed by atoms with Gasteiger partial charge in [0, 0.05) is 6.92 Å². The molecular formula is C18H30O8. The average Bonchev–Trinajstić information content (AvgIpc) is 2.56. The van der Waals surface area contributed by atoms with Gasteiger partial charge in [-0.2, -0.15) is 0 Å². The number of aliphatic hydroxyl groups is 4. The fourth-order valence-corrected chi connectivity index (χ4v) is 3.32. The van der Waals surface area contributed by atoms with Crippen LogP contribution >= 0.6 is 0 Å². The molecule has 1 aliphatic heterocycles. The van der Waals surface area contributed by atoms with Crippen LogP contribution < -0.4 is 0 Å². The highest BCUT2D eigenvalue weighted by Gasteiger charge is 2.50. The van der Waals surface area contributed by atoms with E-state index in [0.29, 0.717) is 18.8 Å². The fourth-order valence-electron chi connectivity index (χ4n) is 3.32. The Kier molecular flexibility index (Phi) is 6.81. The molecule has 4 N–H and O–H groups in total. The van der Waals surface area contributed by atoms with Gasteiger partial charge in [0.05, 0.1) is 18.3 Å². The molecule has 0 saturated carbocycles. The van der Waals surface area contributed by atoms with Crippen molar-refractivity contribution in [1.82, 2.24) is 0 Å². The van der Waals surface area contributed by atoms with E-state index >= 15 is 0 Å². The number of rotatable bonds is 5. The Morgan fingerprint density at radius 3 is 2.50 bits per heavy atom. The lowest BCUT2D eigenvalue weighted by Gasteiger charge is -2.46. The number of esters is 1. The first kappa shape index (κ1) is 21.3. The molecule has 0 spiro atoms. The Morgan fingerprint density at radius 2 is 2.00 bits per heavy atom. The van der Waals surface area contributed by atoms with Gasteiger partial charge in [-0.15, -0.1) is 0 Å². The van der Waals surface area contributed by atoms with Gasteiger partial charge in [-0.05, 0) is 25.7 Å². The molecule has 0 bridgehead atoms. The molecule has 8 nitrogen and oxygen atoms in total. The summed E-state index contributed by atoms with van der Waals surface area (Å²) in [5, 5.41) is 40.3. The van der Waals surface area contributed by atoms with E-state index in [9.17, 15) is 25.2 Å². The van der Waals surface area contributed by atoms with Crippen molar-refractivity contribution in [3.05, 3.63) is 11.6 Å². The molecular weight excluding hydrogens is 344 g/mol. The van der Waals surface area contributed by atoms with E-state index in [1.165, 1.54) is 6.92 Å². The van der Waals surface area contributed by atoms with Gasteiger partial charge < -0.3 is 34.6 Å². The maximum atomic E-state index is 11.4. The number of aliphatic hydroxyl groups excluding tert-OH is 4. The lowest BCUT2D eigenvalue weighted by Crippen LogP contribution is -2.62. The monoisotopic (exact) mass is 374 g/mol. The standard InChI is InChI=1S/C18H30O8/c1-9(2)11-5-6-18(4,13(21)7-11)26-17-16(24-10(3)20)15(23)14(22)12(8-19)25-17/h5,9,12-17,19,21-23H,6-8H2,1-4H3/t12-,13-,14-,15+,16-,17+,18-/m1/s1. The molecule has 0 unspecified atom stereocenters. The molecule has 1 aliphatic carbocycles. The molecule has 150 valence electrons. The highest BCUT2D eigenvalue weighted by Crippen LogP contribution is 2.37. The zero-order chi connectivity index (χ0) is 19.6. The molecule has 0 radical (unpaired) electrons. The van der Waals surface area contributed by atoms with Crippen molar-refractivity contribution in [1.29, 1.82) is 0 Å². The molecule has 1 fully saturated rings. The summed E-state index contributed by atoms with van der Waals surface area (Å²) < 4.78 is 16.6. The molecule has 2 aliphatic rings. The summed E-state index contributed by atoms with van der Waals surface area (Å²) in [5.74, 6) is -0.359. The van der Waals surface area contributed by atoms with Crippen molar-refractivity contribution in [3.8, 4) is 0 Å². The Hall–Kier alpha value is -1.03. The number of hydrogen-bond acceptors (Lipinski definition) is 8. The van der Waals surface area contributed by atoms with Gasteiger partial charge in [0.25, 0.3) is 0 Å². The van der Waals surface area contributed by atoms with Crippen LogP contribution in [0.2, 0.25) is 0 Å². The Morgan fingerprint density at radius 1 is 1.35 bits per heavy atom. The predicted octanol–water partition coefficient (Wildman–Crippen LogP) is -0.131. The minimum atomic E-state index is -1.49. The molecule has 26 heavy (non-hydrogen) atoms. The minimum absolute atomic E-state index is 0.310. The van der Waals surface area contributed by atoms with Crippen LogP contribution in [-0.2, 0) is 19.0 Å². The molecule has 0 amide bonds. The molecule has 8 heteroatoms. The van der Waals surface area contributed by atoms with E-state index in [1.807, 2.05) is 19.9 Å². The first-order valence-electron chi connectivity index (χ1n) is 8.93. The quantitative estimate of drug-likeness (QED) is 0.387. The Labute approximate surface area is 153 Å². The lowest BCUT2D eigenvalue weighted by atomic mass is 9.80. The fraction of sp³-hybridized carbons (Fsp3) is 0.833. The molecule has 0 aromatic heterocycles. The SMILES string of the molecule is CC(=O)O[C@H]1[C@H](O[C@]2(C)CC=C(C(C)C)C[C@H]2O)O[C@H](CO)[C@@H](O)[C@@H]1O. The highest BCUT2D eigenvalue weighted by atomic mass is 16.7. The first-order valence-corrected chi connectivity index (χ1v) is 8.93. The van der Waals surface area contributed by atoms with E-state index in [-0.39, 0.29) is 0 Å². The maximum Gasteiger partial charge on any atom is 0.303 e. The van der Waals surface area contributed by atoms with Gasteiger partial charge in [0.1, 0.15) is 18.3 Å². The van der Waals surface area contributed by atoms with Crippen molar-refractivity contribution in [3.63, 3.8) is 0 Å². The molecule has 0 aromatic rings. The van der Waals surface area contributed by atoms with Crippen LogP contribution in [0.4, 0.5) is 0 Å². The summed E-state index contributed by atoms with van der Waals surface area (Å²) in [6.45, 7) is 6.44. The van der Waals surface area contributed by atoms with Crippen molar-refractivity contribution in [2.24, 2.45) is 5.92 Å². The summed E-state index contributed by atoms with van der Waals surface area (Å²) in [6, 6.07) is 0. The largest absolute Gasteiger partial charge is 0.454 e. The smallest absolute Gasteiger partial charge is 0.303 e. The van der Waals surface area contributed by atoms with Crippen LogP contribution in [0.15, 0.2) is 11.6 Å². The van der Waals surface area contributed by atoms with Gasteiger partial charge >= 0.3 is 5.97 Å². The number of carbonyl (C=O) groups is 1. The van der Waals surface area contributed by atoms with E-state index < -0.39 is 55.0 Å². The van der Waals surface area contributed by atoms with Crippen molar-refractivity contribution < 1.29 is 39.4 Å². The first-order chi connectivity index (χ1) is 12.1. The molecule has 2 rings (SSSR count). The normalized spacial score (nSPS) is 41.0. The van der Waals surface area contributed by atoms with Gasteiger partial charge in [0.2, 0.25) is 0 Å². The summed E-state index contributed by atoms with van der Waals surface area (Å²) in [6.07, 6.45) is -4.47. The van der Waals surface area contributed by atoms with E-state index in [1.54, 1.807) is 6.92 Å². The van der Waals surface area contributed by atoms with Crippen LogP contribution in [-0.4, -0.2) is 75.4 Å². The zero-order valence-electron chi connectivity index (χ0n) is 15.7. The number of hydrogen-bond donors (Lipinski definition) is 4.